The maximum atomic E-state index is 13.6. The third-order valence-electron chi connectivity index (χ3n) is 4.86. The zero-order valence-corrected chi connectivity index (χ0v) is 18.2. The van der Waals surface area contributed by atoms with Crippen molar-refractivity contribution in [1.82, 2.24) is 15.5 Å². The second kappa shape index (κ2) is 12.9. The molecule has 7 nitrogen and oxygen atoms in total. The number of alkyl halides is 3. The minimum Gasteiger partial charge on any atom is -0.493 e. The maximum absolute atomic E-state index is 13.6. The number of nitrogens with zero attached hydrogens (tertiary/aromatic N) is 2. The SMILES string of the molecule is CCCCCCCCCOc1ccc(-c2noc(CCCNC(=O)O)n2)cc1C(F)(F)F. The molecule has 2 rings (SSSR count). The summed E-state index contributed by atoms with van der Waals surface area (Å²) in [6.45, 7) is 2.58. The van der Waals surface area contributed by atoms with Crippen molar-refractivity contribution in [3.63, 3.8) is 0 Å². The monoisotopic (exact) mass is 457 g/mol. The molecule has 32 heavy (non-hydrogen) atoms. The van der Waals surface area contributed by atoms with E-state index < -0.39 is 17.8 Å². The summed E-state index contributed by atoms with van der Waals surface area (Å²) in [6.07, 6.45) is 2.41. The van der Waals surface area contributed by atoms with E-state index in [9.17, 15) is 18.0 Å². The number of rotatable bonds is 14. The Kier molecular flexibility index (Phi) is 10.3. The molecular weight excluding hydrogens is 427 g/mol. The fourth-order valence-electron chi connectivity index (χ4n) is 3.17. The van der Waals surface area contributed by atoms with E-state index in [0.717, 1.165) is 25.3 Å². The second-order valence-electron chi connectivity index (χ2n) is 7.53. The molecule has 0 aliphatic carbocycles. The Morgan fingerprint density at radius 3 is 2.53 bits per heavy atom. The minimum atomic E-state index is -4.58. The second-order valence-corrected chi connectivity index (χ2v) is 7.53. The smallest absolute Gasteiger partial charge is 0.419 e. The Morgan fingerprint density at radius 2 is 1.84 bits per heavy atom. The van der Waals surface area contributed by atoms with E-state index in [1.54, 1.807) is 0 Å². The topological polar surface area (TPSA) is 97.5 Å². The Hall–Kier alpha value is -2.78. The Morgan fingerprint density at radius 1 is 1.12 bits per heavy atom. The molecular formula is C22H30F3N3O4. The first-order valence-electron chi connectivity index (χ1n) is 10.9. The van der Waals surface area contributed by atoms with Gasteiger partial charge in [-0.1, -0.05) is 50.6 Å². The quantitative estimate of drug-likeness (QED) is 0.334. The Balaban J connectivity index is 1.94. The molecule has 1 aromatic carbocycles. The highest BCUT2D eigenvalue weighted by Crippen LogP contribution is 2.38. The van der Waals surface area contributed by atoms with Crippen LogP contribution < -0.4 is 10.1 Å². The Labute approximate surface area is 185 Å². The zero-order valence-electron chi connectivity index (χ0n) is 18.2. The number of hydrogen-bond donors (Lipinski definition) is 2. The number of aromatic nitrogens is 2. The first kappa shape index (κ1) is 25.5. The van der Waals surface area contributed by atoms with Gasteiger partial charge in [0.25, 0.3) is 0 Å². The lowest BCUT2D eigenvalue weighted by molar-refractivity contribution is -0.138. The van der Waals surface area contributed by atoms with Crippen LogP contribution >= 0.6 is 0 Å². The van der Waals surface area contributed by atoms with E-state index >= 15 is 0 Å². The van der Waals surface area contributed by atoms with Gasteiger partial charge in [-0.05, 0) is 31.0 Å². The van der Waals surface area contributed by atoms with E-state index in [2.05, 4.69) is 22.4 Å². The number of benzene rings is 1. The van der Waals surface area contributed by atoms with Crippen LogP contribution in [0.15, 0.2) is 22.7 Å². The van der Waals surface area contributed by atoms with E-state index in [1.165, 1.54) is 31.4 Å². The molecule has 10 heteroatoms. The predicted molar refractivity (Wildman–Crippen MR) is 113 cm³/mol. The van der Waals surface area contributed by atoms with Crippen molar-refractivity contribution in [3.05, 3.63) is 29.7 Å². The molecule has 0 spiro atoms. The van der Waals surface area contributed by atoms with Crippen LogP contribution in [0.1, 0.15) is 69.7 Å². The van der Waals surface area contributed by atoms with E-state index in [-0.39, 0.29) is 36.2 Å². The fourth-order valence-corrected chi connectivity index (χ4v) is 3.17. The molecule has 2 aromatic rings. The van der Waals surface area contributed by atoms with Crippen LogP contribution in [-0.2, 0) is 12.6 Å². The van der Waals surface area contributed by atoms with Gasteiger partial charge in [-0.3, -0.25) is 0 Å². The molecule has 0 atom stereocenters. The summed E-state index contributed by atoms with van der Waals surface area (Å²) in [5, 5.41) is 14.5. The van der Waals surface area contributed by atoms with Crippen molar-refractivity contribution in [1.29, 1.82) is 0 Å². The summed E-state index contributed by atoms with van der Waals surface area (Å²) in [7, 11) is 0. The number of aryl methyl sites for hydroxylation is 1. The predicted octanol–water partition coefficient (Wildman–Crippen LogP) is 6.09. The average Bonchev–Trinajstić information content (AvgIpc) is 3.21. The van der Waals surface area contributed by atoms with Crippen LogP contribution in [0.3, 0.4) is 0 Å². The van der Waals surface area contributed by atoms with Crippen LogP contribution in [0, 0.1) is 0 Å². The number of carbonyl (C=O) groups is 1. The zero-order chi connectivity index (χ0) is 23.4. The first-order chi connectivity index (χ1) is 15.3. The van der Waals surface area contributed by atoms with Crippen LogP contribution in [0.5, 0.6) is 5.75 Å². The molecule has 0 saturated heterocycles. The van der Waals surface area contributed by atoms with E-state index in [1.807, 2.05) is 0 Å². The van der Waals surface area contributed by atoms with Gasteiger partial charge in [-0.2, -0.15) is 18.2 Å². The number of unbranched alkanes of at least 4 members (excludes halogenated alkanes) is 6. The fraction of sp³-hybridized carbons (Fsp3) is 0.591. The van der Waals surface area contributed by atoms with E-state index in [0.29, 0.717) is 19.3 Å². The molecule has 1 aromatic heterocycles. The molecule has 1 heterocycles. The van der Waals surface area contributed by atoms with Crippen LogP contribution in [0.2, 0.25) is 0 Å². The summed E-state index contributed by atoms with van der Waals surface area (Å²) >= 11 is 0. The van der Waals surface area contributed by atoms with Gasteiger partial charge in [-0.15, -0.1) is 0 Å². The van der Waals surface area contributed by atoms with Crippen molar-refractivity contribution < 1.29 is 32.3 Å². The van der Waals surface area contributed by atoms with Gasteiger partial charge in [0.2, 0.25) is 11.7 Å². The van der Waals surface area contributed by atoms with Crippen LogP contribution in [0.4, 0.5) is 18.0 Å². The number of carboxylic acid groups (broad SMARTS) is 1. The number of ether oxygens (including phenoxy) is 1. The standard InChI is InChI=1S/C22H30F3N3O4/c1-2-3-4-5-6-7-8-14-31-18-12-11-16(15-17(18)22(23,24)25)20-27-19(32-28-20)10-9-13-26-21(29)30/h11-12,15,26H,2-10,13-14H2,1H3,(H,29,30). The number of hydrogen-bond acceptors (Lipinski definition) is 5. The average molecular weight is 457 g/mol. The summed E-state index contributed by atoms with van der Waals surface area (Å²) in [4.78, 5) is 14.5. The van der Waals surface area contributed by atoms with Gasteiger partial charge in [0.05, 0.1) is 12.2 Å². The molecule has 0 bridgehead atoms. The van der Waals surface area contributed by atoms with Crippen LogP contribution in [-0.4, -0.2) is 34.5 Å². The van der Waals surface area contributed by atoms with Crippen molar-refractivity contribution in [2.24, 2.45) is 0 Å². The summed E-state index contributed by atoms with van der Waals surface area (Å²) < 4.78 is 51.2. The van der Waals surface area contributed by atoms with Crippen molar-refractivity contribution in [3.8, 4) is 17.1 Å². The molecule has 0 aliphatic heterocycles. The van der Waals surface area contributed by atoms with Crippen molar-refractivity contribution >= 4 is 6.09 Å². The number of halogens is 3. The lowest BCUT2D eigenvalue weighted by Gasteiger charge is -2.14. The summed E-state index contributed by atoms with van der Waals surface area (Å²) in [5.74, 6) is 0.0473. The molecule has 0 saturated carbocycles. The number of nitrogens with one attached hydrogen (secondary N) is 1. The summed E-state index contributed by atoms with van der Waals surface area (Å²) in [6, 6.07) is 3.71. The maximum Gasteiger partial charge on any atom is 0.419 e. The first-order valence-corrected chi connectivity index (χ1v) is 10.9. The molecule has 0 radical (unpaired) electrons. The van der Waals surface area contributed by atoms with Crippen molar-refractivity contribution in [2.75, 3.05) is 13.2 Å². The van der Waals surface area contributed by atoms with Gasteiger partial charge in [0.1, 0.15) is 5.75 Å². The van der Waals surface area contributed by atoms with Gasteiger partial charge in [0.15, 0.2) is 0 Å². The van der Waals surface area contributed by atoms with Gasteiger partial charge in [0, 0.05) is 18.5 Å². The Bertz CT molecular complexity index is 840. The lowest BCUT2D eigenvalue weighted by Crippen LogP contribution is -2.22. The normalized spacial score (nSPS) is 11.5. The molecule has 2 N–H and O–H groups in total. The van der Waals surface area contributed by atoms with Gasteiger partial charge >= 0.3 is 12.3 Å². The molecule has 178 valence electrons. The largest absolute Gasteiger partial charge is 0.493 e. The molecule has 0 unspecified atom stereocenters. The van der Waals surface area contributed by atoms with Gasteiger partial charge in [-0.25, -0.2) is 4.79 Å². The third kappa shape index (κ3) is 8.76. The van der Waals surface area contributed by atoms with Crippen LogP contribution in [0.25, 0.3) is 11.4 Å². The highest BCUT2D eigenvalue weighted by atomic mass is 19.4. The van der Waals surface area contributed by atoms with Gasteiger partial charge < -0.3 is 19.7 Å². The van der Waals surface area contributed by atoms with E-state index in [4.69, 9.17) is 14.4 Å². The van der Waals surface area contributed by atoms with Crippen molar-refractivity contribution in [2.45, 2.75) is 70.9 Å². The number of amides is 1. The third-order valence-corrected chi connectivity index (χ3v) is 4.86. The highest BCUT2D eigenvalue weighted by Gasteiger charge is 2.35. The highest BCUT2D eigenvalue weighted by molar-refractivity contribution is 5.64. The minimum absolute atomic E-state index is 0.0373. The molecule has 0 aliphatic rings. The molecule has 0 fully saturated rings. The molecule has 1 amide bonds. The summed E-state index contributed by atoms with van der Waals surface area (Å²) in [5.41, 5.74) is -0.714. The lowest BCUT2D eigenvalue weighted by atomic mass is 10.1.